The van der Waals surface area contributed by atoms with Crippen molar-refractivity contribution in [2.24, 2.45) is 11.8 Å². The third-order valence-corrected chi connectivity index (χ3v) is 4.08. The minimum Gasteiger partial charge on any atom is -0.271 e. The van der Waals surface area contributed by atoms with Gasteiger partial charge in [0.05, 0.1) is 0 Å². The number of aryl methyl sites for hydroxylation is 1. The van der Waals surface area contributed by atoms with E-state index >= 15 is 0 Å². The fourth-order valence-electron chi connectivity index (χ4n) is 1.97. The number of hydrazine groups is 1. The van der Waals surface area contributed by atoms with Gasteiger partial charge in [-0.05, 0) is 41.1 Å². The summed E-state index contributed by atoms with van der Waals surface area (Å²) in [6, 6.07) is 0.321. The molecule has 0 amide bonds. The molecule has 1 unspecified atom stereocenters. The van der Waals surface area contributed by atoms with Crippen LogP contribution in [0, 0.1) is 12.8 Å². The number of nitrogens with two attached hydrogens (primary N) is 1. The summed E-state index contributed by atoms with van der Waals surface area (Å²) in [4.78, 5) is 0. The maximum Gasteiger partial charge on any atom is 0.0473 e. The molecule has 0 saturated heterocycles. The highest BCUT2D eigenvalue weighted by Crippen LogP contribution is 2.28. The van der Waals surface area contributed by atoms with Crippen molar-refractivity contribution in [2.75, 3.05) is 0 Å². The van der Waals surface area contributed by atoms with E-state index in [0.717, 1.165) is 12.3 Å². The molecule has 3 N–H and O–H groups in total. The van der Waals surface area contributed by atoms with E-state index in [2.05, 4.69) is 37.0 Å². The SMILES string of the molecule is CCC(CC)CC(NN)c1cscc1C. The van der Waals surface area contributed by atoms with Gasteiger partial charge < -0.3 is 0 Å². The molecule has 86 valence electrons. The third-order valence-electron chi connectivity index (χ3n) is 3.20. The monoisotopic (exact) mass is 226 g/mol. The van der Waals surface area contributed by atoms with Gasteiger partial charge in [0.2, 0.25) is 0 Å². The Balaban J connectivity index is 2.68. The lowest BCUT2D eigenvalue weighted by Gasteiger charge is -2.21. The van der Waals surface area contributed by atoms with Crippen LogP contribution >= 0.6 is 11.3 Å². The average Bonchev–Trinajstić information content (AvgIpc) is 2.67. The Hall–Kier alpha value is -0.380. The van der Waals surface area contributed by atoms with Gasteiger partial charge >= 0.3 is 0 Å². The van der Waals surface area contributed by atoms with Crippen LogP contribution in [0.3, 0.4) is 0 Å². The quantitative estimate of drug-likeness (QED) is 0.576. The Morgan fingerprint density at radius 2 is 2.00 bits per heavy atom. The number of rotatable bonds is 6. The lowest BCUT2D eigenvalue weighted by Crippen LogP contribution is -2.29. The zero-order chi connectivity index (χ0) is 11.3. The van der Waals surface area contributed by atoms with Crippen LogP contribution in [-0.2, 0) is 0 Å². The Morgan fingerprint density at radius 1 is 1.33 bits per heavy atom. The van der Waals surface area contributed by atoms with E-state index in [9.17, 15) is 0 Å². The van der Waals surface area contributed by atoms with Gasteiger partial charge in [-0.1, -0.05) is 26.7 Å². The van der Waals surface area contributed by atoms with E-state index in [0.29, 0.717) is 6.04 Å². The Kier molecular flexibility index (Phi) is 5.29. The predicted octanol–water partition coefficient (Wildman–Crippen LogP) is 3.39. The summed E-state index contributed by atoms with van der Waals surface area (Å²) >= 11 is 1.76. The van der Waals surface area contributed by atoms with Crippen molar-refractivity contribution >= 4 is 11.3 Å². The van der Waals surface area contributed by atoms with Gasteiger partial charge in [-0.15, -0.1) is 0 Å². The molecule has 0 aromatic carbocycles. The second-order valence-corrected chi connectivity index (χ2v) is 4.89. The average molecular weight is 226 g/mol. The first-order valence-corrected chi connectivity index (χ1v) is 6.65. The van der Waals surface area contributed by atoms with Gasteiger partial charge in [-0.3, -0.25) is 11.3 Å². The molecule has 0 aliphatic carbocycles. The molecule has 1 heterocycles. The molecule has 0 aliphatic rings. The summed E-state index contributed by atoms with van der Waals surface area (Å²) in [5.74, 6) is 6.41. The summed E-state index contributed by atoms with van der Waals surface area (Å²) in [6.45, 7) is 6.66. The van der Waals surface area contributed by atoms with Gasteiger partial charge in [0.15, 0.2) is 0 Å². The standard InChI is InChI=1S/C12H22N2S/c1-4-10(5-2)6-12(14-13)11-8-15-7-9(11)3/h7-8,10,12,14H,4-6,13H2,1-3H3. The lowest BCUT2D eigenvalue weighted by molar-refractivity contribution is 0.374. The van der Waals surface area contributed by atoms with Crippen molar-refractivity contribution in [3.05, 3.63) is 21.9 Å². The van der Waals surface area contributed by atoms with E-state index < -0.39 is 0 Å². The minimum atomic E-state index is 0.321. The van der Waals surface area contributed by atoms with Crippen LogP contribution < -0.4 is 11.3 Å². The van der Waals surface area contributed by atoms with Crippen LogP contribution in [0.5, 0.6) is 0 Å². The highest BCUT2D eigenvalue weighted by atomic mass is 32.1. The van der Waals surface area contributed by atoms with E-state index in [1.165, 1.54) is 24.0 Å². The molecule has 1 aromatic rings. The largest absolute Gasteiger partial charge is 0.271 e. The lowest BCUT2D eigenvalue weighted by atomic mass is 9.91. The van der Waals surface area contributed by atoms with Gasteiger partial charge in [0.25, 0.3) is 0 Å². The molecule has 15 heavy (non-hydrogen) atoms. The molecule has 0 radical (unpaired) electrons. The van der Waals surface area contributed by atoms with Crippen LogP contribution in [0.15, 0.2) is 10.8 Å². The molecule has 0 saturated carbocycles. The fraction of sp³-hybridized carbons (Fsp3) is 0.667. The Labute approximate surface area is 96.9 Å². The molecule has 0 spiro atoms. The number of thiophene rings is 1. The second-order valence-electron chi connectivity index (χ2n) is 4.15. The zero-order valence-corrected chi connectivity index (χ0v) is 10.7. The summed E-state index contributed by atoms with van der Waals surface area (Å²) in [7, 11) is 0. The first-order valence-electron chi connectivity index (χ1n) is 5.71. The van der Waals surface area contributed by atoms with Crippen LogP contribution in [0.4, 0.5) is 0 Å². The molecule has 3 heteroatoms. The van der Waals surface area contributed by atoms with Crippen molar-refractivity contribution in [1.82, 2.24) is 5.43 Å². The first kappa shape index (κ1) is 12.7. The van der Waals surface area contributed by atoms with Crippen molar-refractivity contribution in [3.8, 4) is 0 Å². The minimum absolute atomic E-state index is 0.321. The van der Waals surface area contributed by atoms with E-state index in [1.54, 1.807) is 11.3 Å². The van der Waals surface area contributed by atoms with Crippen LogP contribution in [-0.4, -0.2) is 0 Å². The van der Waals surface area contributed by atoms with Gasteiger partial charge in [-0.25, -0.2) is 0 Å². The molecule has 2 nitrogen and oxygen atoms in total. The molecule has 1 atom stereocenters. The Bertz CT molecular complexity index is 279. The first-order chi connectivity index (χ1) is 7.22. The van der Waals surface area contributed by atoms with Gasteiger partial charge in [0, 0.05) is 6.04 Å². The van der Waals surface area contributed by atoms with Crippen LogP contribution in [0.1, 0.15) is 50.3 Å². The maximum absolute atomic E-state index is 5.65. The fourth-order valence-corrected chi connectivity index (χ4v) is 2.87. The van der Waals surface area contributed by atoms with Gasteiger partial charge in [0.1, 0.15) is 0 Å². The topological polar surface area (TPSA) is 38.0 Å². The summed E-state index contributed by atoms with van der Waals surface area (Å²) in [5, 5.41) is 4.40. The summed E-state index contributed by atoms with van der Waals surface area (Å²) in [6.07, 6.45) is 3.61. The smallest absolute Gasteiger partial charge is 0.0473 e. The molecule has 1 aromatic heterocycles. The highest BCUT2D eigenvalue weighted by molar-refractivity contribution is 7.08. The zero-order valence-electron chi connectivity index (χ0n) is 9.92. The number of hydrogen-bond acceptors (Lipinski definition) is 3. The van der Waals surface area contributed by atoms with E-state index in [4.69, 9.17) is 5.84 Å². The molecule has 0 aliphatic heterocycles. The normalized spacial score (nSPS) is 13.4. The Morgan fingerprint density at radius 3 is 2.40 bits per heavy atom. The number of nitrogens with one attached hydrogen (secondary N) is 1. The van der Waals surface area contributed by atoms with Crippen molar-refractivity contribution < 1.29 is 0 Å². The molecule has 0 fully saturated rings. The van der Waals surface area contributed by atoms with E-state index in [-0.39, 0.29) is 0 Å². The molecule has 1 rings (SSSR count). The van der Waals surface area contributed by atoms with Gasteiger partial charge in [-0.2, -0.15) is 11.3 Å². The third kappa shape index (κ3) is 3.30. The highest BCUT2D eigenvalue weighted by Gasteiger charge is 2.16. The molecular formula is C12H22N2S. The maximum atomic E-state index is 5.65. The summed E-state index contributed by atoms with van der Waals surface area (Å²) < 4.78 is 0. The number of hydrogen-bond donors (Lipinski definition) is 2. The van der Waals surface area contributed by atoms with Crippen molar-refractivity contribution in [3.63, 3.8) is 0 Å². The van der Waals surface area contributed by atoms with Crippen LogP contribution in [0.25, 0.3) is 0 Å². The van der Waals surface area contributed by atoms with E-state index in [1.807, 2.05) is 0 Å². The molecule has 0 bridgehead atoms. The molecular weight excluding hydrogens is 204 g/mol. The predicted molar refractivity (Wildman–Crippen MR) is 67.8 cm³/mol. The van der Waals surface area contributed by atoms with Crippen molar-refractivity contribution in [2.45, 2.75) is 46.1 Å². The second kappa shape index (κ2) is 6.26. The van der Waals surface area contributed by atoms with Crippen molar-refractivity contribution in [1.29, 1.82) is 0 Å². The van der Waals surface area contributed by atoms with Crippen LogP contribution in [0.2, 0.25) is 0 Å². The summed E-state index contributed by atoms with van der Waals surface area (Å²) in [5.41, 5.74) is 5.68.